The molecule has 108 valence electrons. The lowest BCUT2D eigenvalue weighted by Gasteiger charge is -2.27. The topological polar surface area (TPSA) is 52.7 Å². The van der Waals surface area contributed by atoms with Crippen LogP contribution in [0.15, 0.2) is 0 Å². The van der Waals surface area contributed by atoms with Gasteiger partial charge in [0.15, 0.2) is 0 Å². The third kappa shape index (κ3) is 5.22. The van der Waals surface area contributed by atoms with E-state index in [2.05, 4.69) is 23.9 Å². The molecular formula is C14H31N3O. The molecule has 1 aliphatic rings. The Kier molecular flexibility index (Phi) is 6.57. The van der Waals surface area contributed by atoms with Crippen molar-refractivity contribution in [3.05, 3.63) is 0 Å². The zero-order valence-corrected chi connectivity index (χ0v) is 12.4. The molecule has 1 aliphatic heterocycles. The van der Waals surface area contributed by atoms with Gasteiger partial charge < -0.3 is 20.6 Å². The maximum absolute atomic E-state index is 9.27. The van der Waals surface area contributed by atoms with E-state index in [0.29, 0.717) is 0 Å². The van der Waals surface area contributed by atoms with Gasteiger partial charge in [0.25, 0.3) is 0 Å². The fourth-order valence-electron chi connectivity index (χ4n) is 2.78. The van der Waals surface area contributed by atoms with Crippen LogP contribution >= 0.6 is 0 Å². The smallest absolute Gasteiger partial charge is 0.0611 e. The average molecular weight is 257 g/mol. The minimum atomic E-state index is -0.367. The fraction of sp³-hybridized carbons (Fsp3) is 1.00. The standard InChI is InChI=1S/C14H31N3O/c1-4-14(15,12-18)7-5-8-16(2)10-13-6-9-17(3)11-13/h13,18H,4-12,15H2,1-3H3. The number of nitrogens with two attached hydrogens (primary N) is 1. The highest BCUT2D eigenvalue weighted by Gasteiger charge is 2.22. The molecule has 0 aromatic rings. The molecule has 1 heterocycles. The summed E-state index contributed by atoms with van der Waals surface area (Å²) in [7, 11) is 4.40. The predicted molar refractivity (Wildman–Crippen MR) is 76.6 cm³/mol. The molecule has 0 aromatic heterocycles. The Morgan fingerprint density at radius 2 is 2.22 bits per heavy atom. The van der Waals surface area contributed by atoms with E-state index in [9.17, 15) is 5.11 Å². The maximum Gasteiger partial charge on any atom is 0.0611 e. The number of aliphatic hydroxyl groups is 1. The molecule has 4 nitrogen and oxygen atoms in total. The number of hydrogen-bond donors (Lipinski definition) is 2. The van der Waals surface area contributed by atoms with Crippen molar-refractivity contribution in [2.24, 2.45) is 11.7 Å². The summed E-state index contributed by atoms with van der Waals surface area (Å²) in [6.07, 6.45) is 4.16. The van der Waals surface area contributed by atoms with E-state index >= 15 is 0 Å². The van der Waals surface area contributed by atoms with Crippen molar-refractivity contribution in [3.8, 4) is 0 Å². The van der Waals surface area contributed by atoms with E-state index in [-0.39, 0.29) is 12.1 Å². The first-order chi connectivity index (χ1) is 8.49. The van der Waals surface area contributed by atoms with Crippen LogP contribution in [0.1, 0.15) is 32.6 Å². The van der Waals surface area contributed by atoms with Gasteiger partial charge in [0.1, 0.15) is 0 Å². The van der Waals surface area contributed by atoms with Gasteiger partial charge in [-0.1, -0.05) is 6.92 Å². The summed E-state index contributed by atoms with van der Waals surface area (Å²) in [4.78, 5) is 4.82. The van der Waals surface area contributed by atoms with Crippen molar-refractivity contribution in [2.45, 2.75) is 38.1 Å². The van der Waals surface area contributed by atoms with Gasteiger partial charge in [-0.15, -0.1) is 0 Å². The summed E-state index contributed by atoms with van der Waals surface area (Å²) in [5.74, 6) is 0.826. The van der Waals surface area contributed by atoms with E-state index < -0.39 is 0 Å². The molecule has 0 amide bonds. The van der Waals surface area contributed by atoms with E-state index in [1.807, 2.05) is 6.92 Å². The first-order valence-electron chi connectivity index (χ1n) is 7.26. The third-order valence-electron chi connectivity index (χ3n) is 4.29. The van der Waals surface area contributed by atoms with Crippen LogP contribution in [0, 0.1) is 5.92 Å². The molecule has 0 aromatic carbocycles. The minimum absolute atomic E-state index is 0.0979. The Hall–Kier alpha value is -0.160. The van der Waals surface area contributed by atoms with Gasteiger partial charge in [0, 0.05) is 18.6 Å². The maximum atomic E-state index is 9.27. The van der Waals surface area contributed by atoms with Crippen LogP contribution in [-0.4, -0.2) is 67.3 Å². The Morgan fingerprint density at radius 1 is 1.50 bits per heavy atom. The Bertz CT molecular complexity index is 231. The Morgan fingerprint density at radius 3 is 2.72 bits per heavy atom. The number of hydrogen-bond acceptors (Lipinski definition) is 4. The van der Waals surface area contributed by atoms with Crippen molar-refractivity contribution in [3.63, 3.8) is 0 Å². The highest BCUT2D eigenvalue weighted by atomic mass is 16.3. The van der Waals surface area contributed by atoms with Gasteiger partial charge in [0.05, 0.1) is 6.61 Å². The quantitative estimate of drug-likeness (QED) is 0.674. The SMILES string of the molecule is CCC(N)(CO)CCCN(C)CC1CCN(C)C1. The second-order valence-corrected chi connectivity index (χ2v) is 6.16. The van der Waals surface area contributed by atoms with Crippen LogP contribution in [-0.2, 0) is 0 Å². The minimum Gasteiger partial charge on any atom is -0.394 e. The zero-order valence-electron chi connectivity index (χ0n) is 12.4. The van der Waals surface area contributed by atoms with E-state index in [1.54, 1.807) is 0 Å². The molecule has 1 fully saturated rings. The molecule has 0 saturated carbocycles. The Balaban J connectivity index is 2.15. The molecule has 3 N–H and O–H groups in total. The molecule has 1 rings (SSSR count). The lowest BCUT2D eigenvalue weighted by atomic mass is 9.92. The number of likely N-dealkylation sites (tertiary alicyclic amines) is 1. The molecule has 4 heteroatoms. The zero-order chi connectivity index (χ0) is 13.6. The largest absolute Gasteiger partial charge is 0.394 e. The van der Waals surface area contributed by atoms with Crippen LogP contribution in [0.5, 0.6) is 0 Å². The van der Waals surface area contributed by atoms with Crippen molar-refractivity contribution < 1.29 is 5.11 Å². The van der Waals surface area contributed by atoms with Crippen molar-refractivity contribution in [1.29, 1.82) is 0 Å². The summed E-state index contributed by atoms with van der Waals surface area (Å²) < 4.78 is 0. The van der Waals surface area contributed by atoms with Crippen molar-refractivity contribution >= 4 is 0 Å². The molecule has 18 heavy (non-hydrogen) atoms. The van der Waals surface area contributed by atoms with E-state index in [4.69, 9.17) is 5.73 Å². The second kappa shape index (κ2) is 7.43. The van der Waals surface area contributed by atoms with Gasteiger partial charge in [-0.3, -0.25) is 0 Å². The molecule has 2 unspecified atom stereocenters. The van der Waals surface area contributed by atoms with E-state index in [0.717, 1.165) is 31.7 Å². The summed E-state index contributed by atoms with van der Waals surface area (Å²) in [6, 6.07) is 0. The number of aliphatic hydroxyl groups excluding tert-OH is 1. The van der Waals surface area contributed by atoms with Crippen LogP contribution in [0.2, 0.25) is 0 Å². The van der Waals surface area contributed by atoms with Crippen molar-refractivity contribution in [2.75, 3.05) is 46.9 Å². The van der Waals surface area contributed by atoms with Crippen molar-refractivity contribution in [1.82, 2.24) is 9.80 Å². The predicted octanol–water partition coefficient (Wildman–Crippen LogP) is 0.750. The van der Waals surface area contributed by atoms with E-state index in [1.165, 1.54) is 26.1 Å². The summed E-state index contributed by atoms with van der Waals surface area (Å²) in [6.45, 7) is 6.89. The van der Waals surface area contributed by atoms with Crippen LogP contribution in [0.3, 0.4) is 0 Å². The van der Waals surface area contributed by atoms with Gasteiger partial charge in [-0.05, 0) is 58.8 Å². The fourth-order valence-corrected chi connectivity index (χ4v) is 2.78. The first kappa shape index (κ1) is 15.9. The van der Waals surface area contributed by atoms with Crippen LogP contribution in [0.25, 0.3) is 0 Å². The summed E-state index contributed by atoms with van der Waals surface area (Å²) >= 11 is 0. The molecule has 0 bridgehead atoms. The number of nitrogens with zero attached hydrogens (tertiary/aromatic N) is 2. The summed E-state index contributed by atoms with van der Waals surface area (Å²) in [5.41, 5.74) is 5.72. The third-order valence-corrected chi connectivity index (χ3v) is 4.29. The monoisotopic (exact) mass is 257 g/mol. The van der Waals surface area contributed by atoms with Gasteiger partial charge in [-0.25, -0.2) is 0 Å². The average Bonchev–Trinajstić information content (AvgIpc) is 2.74. The van der Waals surface area contributed by atoms with Gasteiger partial charge in [-0.2, -0.15) is 0 Å². The molecule has 1 saturated heterocycles. The first-order valence-corrected chi connectivity index (χ1v) is 7.26. The van der Waals surface area contributed by atoms with Gasteiger partial charge >= 0.3 is 0 Å². The lowest BCUT2D eigenvalue weighted by Crippen LogP contribution is -2.43. The van der Waals surface area contributed by atoms with Crippen LogP contribution < -0.4 is 5.73 Å². The Labute approximate surface area is 112 Å². The second-order valence-electron chi connectivity index (χ2n) is 6.16. The molecule has 0 radical (unpaired) electrons. The van der Waals surface area contributed by atoms with Crippen LogP contribution in [0.4, 0.5) is 0 Å². The normalized spacial score (nSPS) is 24.7. The molecule has 0 spiro atoms. The highest BCUT2D eigenvalue weighted by molar-refractivity contribution is 4.82. The summed E-state index contributed by atoms with van der Waals surface area (Å²) in [5, 5.41) is 9.27. The molecule has 0 aliphatic carbocycles. The number of rotatable bonds is 8. The molecule has 2 atom stereocenters. The molecular weight excluding hydrogens is 226 g/mol. The lowest BCUT2D eigenvalue weighted by molar-refractivity contribution is 0.172. The van der Waals surface area contributed by atoms with Gasteiger partial charge in [0.2, 0.25) is 0 Å². The highest BCUT2D eigenvalue weighted by Crippen LogP contribution is 2.17.